The fourth-order valence-electron chi connectivity index (χ4n) is 2.85. The van der Waals surface area contributed by atoms with E-state index in [1.807, 2.05) is 0 Å². The van der Waals surface area contributed by atoms with E-state index in [4.69, 9.17) is 0 Å². The quantitative estimate of drug-likeness (QED) is 0.390. The second-order valence-electron chi connectivity index (χ2n) is 5.49. The SMILES string of the molecule is O=[N+]([O-])c1ccccc1[N+](=O)[O-].c1ccc2c(c1)Cc1ccccc1-2. The highest BCUT2D eigenvalue weighted by molar-refractivity contribution is 5.76. The van der Waals surface area contributed by atoms with Gasteiger partial charge in [0.05, 0.1) is 9.85 Å². The normalized spacial score (nSPS) is 10.9. The predicted octanol–water partition coefficient (Wildman–Crippen LogP) is 4.76. The lowest BCUT2D eigenvalue weighted by molar-refractivity contribution is -0.422. The molecule has 0 aromatic heterocycles. The van der Waals surface area contributed by atoms with Gasteiger partial charge in [0.15, 0.2) is 0 Å². The van der Waals surface area contributed by atoms with Gasteiger partial charge in [0.2, 0.25) is 0 Å². The first kappa shape index (κ1) is 16.3. The first-order chi connectivity index (χ1) is 12.1. The highest BCUT2D eigenvalue weighted by Gasteiger charge is 2.21. The van der Waals surface area contributed by atoms with Gasteiger partial charge in [-0.05, 0) is 28.7 Å². The molecule has 0 aliphatic heterocycles. The second-order valence-corrected chi connectivity index (χ2v) is 5.49. The molecule has 1 aliphatic carbocycles. The summed E-state index contributed by atoms with van der Waals surface area (Å²) in [6, 6.07) is 22.3. The molecule has 124 valence electrons. The summed E-state index contributed by atoms with van der Waals surface area (Å²) in [5.41, 5.74) is 4.79. The molecule has 25 heavy (non-hydrogen) atoms. The highest BCUT2D eigenvalue weighted by Crippen LogP contribution is 2.35. The fourth-order valence-corrected chi connectivity index (χ4v) is 2.85. The van der Waals surface area contributed by atoms with E-state index in [0.29, 0.717) is 0 Å². The van der Waals surface area contributed by atoms with Gasteiger partial charge >= 0.3 is 11.4 Å². The molecule has 0 fully saturated rings. The molecule has 1 aliphatic rings. The highest BCUT2D eigenvalue weighted by atomic mass is 16.6. The van der Waals surface area contributed by atoms with Crippen molar-refractivity contribution in [2.24, 2.45) is 0 Å². The third-order valence-corrected chi connectivity index (χ3v) is 3.98. The molecule has 0 unspecified atom stereocenters. The number of hydrogen-bond acceptors (Lipinski definition) is 4. The van der Waals surface area contributed by atoms with Gasteiger partial charge in [-0.2, -0.15) is 0 Å². The van der Waals surface area contributed by atoms with Crippen molar-refractivity contribution < 1.29 is 9.85 Å². The zero-order valence-electron chi connectivity index (χ0n) is 13.2. The third-order valence-electron chi connectivity index (χ3n) is 3.98. The Hall–Kier alpha value is -3.54. The molecular formula is C19H14N2O4. The lowest BCUT2D eigenvalue weighted by atomic mass is 10.1. The average Bonchev–Trinajstić information content (AvgIpc) is 3.01. The fraction of sp³-hybridized carbons (Fsp3) is 0.0526. The van der Waals surface area contributed by atoms with Crippen LogP contribution in [0.3, 0.4) is 0 Å². The minimum atomic E-state index is -0.780. The monoisotopic (exact) mass is 334 g/mol. The Morgan fingerprint density at radius 2 is 0.960 bits per heavy atom. The van der Waals surface area contributed by atoms with E-state index in [0.717, 1.165) is 18.6 Å². The van der Waals surface area contributed by atoms with Crippen molar-refractivity contribution >= 4 is 11.4 Å². The van der Waals surface area contributed by atoms with Crippen molar-refractivity contribution in [1.82, 2.24) is 0 Å². The maximum atomic E-state index is 10.2. The molecule has 0 amide bonds. The molecule has 0 saturated carbocycles. The molecule has 0 saturated heterocycles. The maximum absolute atomic E-state index is 10.2. The Morgan fingerprint density at radius 1 is 0.600 bits per heavy atom. The summed E-state index contributed by atoms with van der Waals surface area (Å²) < 4.78 is 0. The summed E-state index contributed by atoms with van der Waals surface area (Å²) in [5, 5.41) is 20.5. The van der Waals surface area contributed by atoms with Crippen LogP contribution in [0.2, 0.25) is 0 Å². The number of para-hydroxylation sites is 2. The molecule has 6 nitrogen and oxygen atoms in total. The second kappa shape index (κ2) is 6.92. The molecule has 0 spiro atoms. The molecule has 3 aromatic carbocycles. The van der Waals surface area contributed by atoms with Crippen molar-refractivity contribution in [2.75, 3.05) is 0 Å². The Morgan fingerprint density at radius 3 is 1.36 bits per heavy atom. The van der Waals surface area contributed by atoms with E-state index in [9.17, 15) is 20.2 Å². The maximum Gasteiger partial charge on any atom is 0.346 e. The molecule has 0 N–H and O–H groups in total. The number of nitro benzene ring substituents is 2. The summed E-state index contributed by atoms with van der Waals surface area (Å²) in [5.74, 6) is 0. The predicted molar refractivity (Wildman–Crippen MR) is 94.4 cm³/mol. The number of nitrogens with zero attached hydrogens (tertiary/aromatic N) is 2. The van der Waals surface area contributed by atoms with Crippen molar-refractivity contribution in [1.29, 1.82) is 0 Å². The number of fused-ring (bicyclic) bond motifs is 3. The van der Waals surface area contributed by atoms with E-state index in [-0.39, 0.29) is 0 Å². The van der Waals surface area contributed by atoms with Crippen LogP contribution < -0.4 is 0 Å². The van der Waals surface area contributed by atoms with Crippen LogP contribution in [0, 0.1) is 20.2 Å². The van der Waals surface area contributed by atoms with E-state index >= 15 is 0 Å². The van der Waals surface area contributed by atoms with Gasteiger partial charge < -0.3 is 0 Å². The van der Waals surface area contributed by atoms with Crippen LogP contribution in [0.1, 0.15) is 11.1 Å². The lowest BCUT2D eigenvalue weighted by Crippen LogP contribution is -1.95. The Labute approximate surface area is 143 Å². The summed E-state index contributed by atoms with van der Waals surface area (Å²) in [4.78, 5) is 18.9. The zero-order valence-corrected chi connectivity index (χ0v) is 13.2. The van der Waals surface area contributed by atoms with Crippen LogP contribution in [0.25, 0.3) is 11.1 Å². The zero-order chi connectivity index (χ0) is 17.8. The van der Waals surface area contributed by atoms with Crippen molar-refractivity contribution in [3.05, 3.63) is 104 Å². The van der Waals surface area contributed by atoms with Crippen molar-refractivity contribution in [2.45, 2.75) is 6.42 Å². The number of nitro groups is 2. The van der Waals surface area contributed by atoms with Gasteiger partial charge in [0, 0.05) is 12.1 Å². The smallest absolute Gasteiger partial charge is 0.258 e. The van der Waals surface area contributed by atoms with Gasteiger partial charge in [-0.15, -0.1) is 0 Å². The molecule has 3 aromatic rings. The molecule has 0 heterocycles. The van der Waals surface area contributed by atoms with Crippen LogP contribution in [0.15, 0.2) is 72.8 Å². The van der Waals surface area contributed by atoms with E-state index in [1.54, 1.807) is 0 Å². The Bertz CT molecular complexity index is 877. The average molecular weight is 334 g/mol. The van der Waals surface area contributed by atoms with Gasteiger partial charge in [0.25, 0.3) is 0 Å². The van der Waals surface area contributed by atoms with Gasteiger partial charge in [-0.3, -0.25) is 20.2 Å². The van der Waals surface area contributed by atoms with E-state index in [1.165, 1.54) is 34.4 Å². The first-order valence-corrected chi connectivity index (χ1v) is 7.62. The van der Waals surface area contributed by atoms with Crippen LogP contribution in [0.4, 0.5) is 11.4 Å². The summed E-state index contributed by atoms with van der Waals surface area (Å²) >= 11 is 0. The Balaban J connectivity index is 0.000000147. The topological polar surface area (TPSA) is 86.3 Å². The molecule has 6 heteroatoms. The summed E-state index contributed by atoms with van der Waals surface area (Å²) in [6.45, 7) is 0. The van der Waals surface area contributed by atoms with Crippen molar-refractivity contribution in [3.8, 4) is 11.1 Å². The first-order valence-electron chi connectivity index (χ1n) is 7.62. The van der Waals surface area contributed by atoms with Crippen LogP contribution >= 0.6 is 0 Å². The van der Waals surface area contributed by atoms with Gasteiger partial charge in [-0.1, -0.05) is 60.7 Å². The number of rotatable bonds is 2. The summed E-state index contributed by atoms with van der Waals surface area (Å²) in [7, 11) is 0. The van der Waals surface area contributed by atoms with Crippen LogP contribution in [-0.4, -0.2) is 9.85 Å². The standard InChI is InChI=1S/C13H10.C6H4N2O4/c1-3-7-12-10(5-1)9-11-6-2-4-8-13(11)12;9-7(10)5-3-1-2-4-6(5)8(11)12/h1-8H,9H2;1-4H. The van der Waals surface area contributed by atoms with E-state index in [2.05, 4.69) is 48.5 Å². The molecule has 4 rings (SSSR count). The van der Waals surface area contributed by atoms with Gasteiger partial charge in [0.1, 0.15) is 0 Å². The minimum Gasteiger partial charge on any atom is -0.258 e. The summed E-state index contributed by atoms with van der Waals surface area (Å²) in [6.07, 6.45) is 1.10. The van der Waals surface area contributed by atoms with Crippen molar-refractivity contribution in [3.63, 3.8) is 0 Å². The third kappa shape index (κ3) is 3.37. The number of benzene rings is 3. The van der Waals surface area contributed by atoms with E-state index < -0.39 is 21.2 Å². The van der Waals surface area contributed by atoms with Gasteiger partial charge in [-0.25, -0.2) is 0 Å². The van der Waals surface area contributed by atoms with Crippen LogP contribution in [-0.2, 0) is 6.42 Å². The molecular weight excluding hydrogens is 320 g/mol. The molecule has 0 bridgehead atoms. The minimum absolute atomic E-state index is 0.484. The Kier molecular flexibility index (Phi) is 4.52. The lowest BCUT2D eigenvalue weighted by Gasteiger charge is -1.98. The molecule has 0 radical (unpaired) electrons. The molecule has 0 atom stereocenters. The largest absolute Gasteiger partial charge is 0.346 e. The number of hydrogen-bond donors (Lipinski definition) is 0. The van der Waals surface area contributed by atoms with Crippen LogP contribution in [0.5, 0.6) is 0 Å².